The SMILES string of the molecule is CN(C)C1CCCN(C(=O)c2ccc(F)c(Br)c2)C1. The van der Waals surface area contributed by atoms with Crippen molar-refractivity contribution >= 4 is 21.8 Å². The summed E-state index contributed by atoms with van der Waals surface area (Å²) < 4.78 is 13.5. The lowest BCUT2D eigenvalue weighted by Crippen LogP contribution is -2.47. The standard InChI is InChI=1S/C14H18BrFN2O/c1-17(2)11-4-3-7-18(9-11)14(19)10-5-6-13(16)12(15)8-10/h5-6,8,11H,3-4,7,9H2,1-2H3. The molecule has 1 atom stereocenters. The second kappa shape index (κ2) is 6.01. The minimum absolute atomic E-state index is 0.0211. The topological polar surface area (TPSA) is 23.6 Å². The summed E-state index contributed by atoms with van der Waals surface area (Å²) in [6.45, 7) is 1.51. The van der Waals surface area contributed by atoms with Gasteiger partial charge in [0, 0.05) is 24.7 Å². The lowest BCUT2D eigenvalue weighted by Gasteiger charge is -2.36. The molecule has 1 fully saturated rings. The lowest BCUT2D eigenvalue weighted by atomic mass is 10.0. The Kier molecular flexibility index (Phi) is 4.58. The summed E-state index contributed by atoms with van der Waals surface area (Å²) in [6, 6.07) is 4.82. The number of likely N-dealkylation sites (tertiary alicyclic amines) is 1. The molecule has 19 heavy (non-hydrogen) atoms. The van der Waals surface area contributed by atoms with E-state index in [4.69, 9.17) is 0 Å². The Labute approximate surface area is 121 Å². The van der Waals surface area contributed by atoms with Crippen LogP contribution in [0, 0.1) is 5.82 Å². The van der Waals surface area contributed by atoms with Gasteiger partial charge in [0.05, 0.1) is 4.47 Å². The monoisotopic (exact) mass is 328 g/mol. The molecule has 1 aromatic carbocycles. The predicted molar refractivity (Wildman–Crippen MR) is 76.7 cm³/mol. The van der Waals surface area contributed by atoms with Crippen LogP contribution in [0.2, 0.25) is 0 Å². The van der Waals surface area contributed by atoms with Crippen molar-refractivity contribution < 1.29 is 9.18 Å². The number of benzene rings is 1. The molecule has 2 rings (SSSR count). The Morgan fingerprint density at radius 2 is 2.21 bits per heavy atom. The molecule has 1 unspecified atom stereocenters. The highest BCUT2D eigenvalue weighted by molar-refractivity contribution is 9.10. The van der Waals surface area contributed by atoms with Gasteiger partial charge in [-0.2, -0.15) is 0 Å². The molecule has 1 aliphatic rings. The molecule has 1 saturated heterocycles. The van der Waals surface area contributed by atoms with Crippen LogP contribution in [-0.4, -0.2) is 48.9 Å². The van der Waals surface area contributed by atoms with Crippen molar-refractivity contribution in [2.45, 2.75) is 18.9 Å². The molecule has 0 aliphatic carbocycles. The van der Waals surface area contributed by atoms with Gasteiger partial charge in [-0.25, -0.2) is 4.39 Å². The van der Waals surface area contributed by atoms with Crippen molar-refractivity contribution in [2.24, 2.45) is 0 Å². The molecule has 104 valence electrons. The van der Waals surface area contributed by atoms with Gasteiger partial charge in [0.15, 0.2) is 0 Å². The Morgan fingerprint density at radius 1 is 1.47 bits per heavy atom. The van der Waals surface area contributed by atoms with E-state index in [0.717, 1.165) is 25.9 Å². The van der Waals surface area contributed by atoms with E-state index in [1.807, 2.05) is 19.0 Å². The van der Waals surface area contributed by atoms with Gasteiger partial charge in [0.2, 0.25) is 0 Å². The first-order valence-electron chi connectivity index (χ1n) is 6.40. The third-order valence-electron chi connectivity index (χ3n) is 3.58. The molecule has 0 aromatic heterocycles. The van der Waals surface area contributed by atoms with E-state index in [2.05, 4.69) is 20.8 Å². The van der Waals surface area contributed by atoms with Gasteiger partial charge in [0.1, 0.15) is 5.82 Å². The molecule has 1 amide bonds. The third kappa shape index (κ3) is 3.34. The van der Waals surface area contributed by atoms with E-state index in [1.165, 1.54) is 6.07 Å². The molecule has 0 bridgehead atoms. The average Bonchev–Trinajstić information content (AvgIpc) is 2.41. The molecular formula is C14H18BrFN2O. The number of hydrogen-bond donors (Lipinski definition) is 0. The molecule has 3 nitrogen and oxygen atoms in total. The van der Waals surface area contributed by atoms with Crippen LogP contribution in [0.25, 0.3) is 0 Å². The number of piperidine rings is 1. The summed E-state index contributed by atoms with van der Waals surface area (Å²) in [5, 5.41) is 0. The Balaban J connectivity index is 2.12. The number of amides is 1. The van der Waals surface area contributed by atoms with Gasteiger partial charge < -0.3 is 9.80 Å². The number of hydrogen-bond acceptors (Lipinski definition) is 2. The molecule has 1 heterocycles. The van der Waals surface area contributed by atoms with Crippen molar-refractivity contribution in [3.8, 4) is 0 Å². The Bertz CT molecular complexity index is 479. The van der Waals surface area contributed by atoms with Gasteiger partial charge in [0.25, 0.3) is 5.91 Å². The molecule has 0 saturated carbocycles. The van der Waals surface area contributed by atoms with Gasteiger partial charge in [-0.15, -0.1) is 0 Å². The zero-order valence-electron chi connectivity index (χ0n) is 11.2. The second-order valence-corrected chi connectivity index (χ2v) is 5.99. The lowest BCUT2D eigenvalue weighted by molar-refractivity contribution is 0.0635. The van der Waals surface area contributed by atoms with Crippen molar-refractivity contribution in [3.05, 3.63) is 34.1 Å². The quantitative estimate of drug-likeness (QED) is 0.833. The zero-order chi connectivity index (χ0) is 14.0. The summed E-state index contributed by atoms with van der Waals surface area (Å²) in [5.41, 5.74) is 0.535. The van der Waals surface area contributed by atoms with Crippen molar-refractivity contribution in [3.63, 3.8) is 0 Å². The van der Waals surface area contributed by atoms with Crippen molar-refractivity contribution in [2.75, 3.05) is 27.2 Å². The average molecular weight is 329 g/mol. The smallest absolute Gasteiger partial charge is 0.253 e. The first-order valence-corrected chi connectivity index (χ1v) is 7.19. The largest absolute Gasteiger partial charge is 0.337 e. The third-order valence-corrected chi connectivity index (χ3v) is 4.19. The zero-order valence-corrected chi connectivity index (χ0v) is 12.8. The second-order valence-electron chi connectivity index (χ2n) is 5.14. The van der Waals surface area contributed by atoms with Crippen molar-refractivity contribution in [1.82, 2.24) is 9.80 Å². The van der Waals surface area contributed by atoms with Crippen LogP contribution in [0.4, 0.5) is 4.39 Å². The number of rotatable bonds is 2. The number of carbonyl (C=O) groups is 1. The van der Waals surface area contributed by atoms with Crippen molar-refractivity contribution in [1.29, 1.82) is 0 Å². The van der Waals surface area contributed by atoms with E-state index in [9.17, 15) is 9.18 Å². The minimum Gasteiger partial charge on any atom is -0.337 e. The van der Waals surface area contributed by atoms with Crippen LogP contribution in [-0.2, 0) is 0 Å². The number of carbonyl (C=O) groups excluding carboxylic acids is 1. The highest BCUT2D eigenvalue weighted by atomic mass is 79.9. The Hall–Kier alpha value is -0.940. The normalized spacial score (nSPS) is 19.8. The van der Waals surface area contributed by atoms with Gasteiger partial charge in [-0.05, 0) is 61.1 Å². The first-order chi connectivity index (χ1) is 8.99. The van der Waals surface area contributed by atoms with E-state index in [1.54, 1.807) is 12.1 Å². The fourth-order valence-corrected chi connectivity index (χ4v) is 2.75. The maximum absolute atomic E-state index is 13.2. The van der Waals surface area contributed by atoms with E-state index in [0.29, 0.717) is 16.1 Å². The molecule has 0 radical (unpaired) electrons. The maximum Gasteiger partial charge on any atom is 0.253 e. The number of likely N-dealkylation sites (N-methyl/N-ethyl adjacent to an activating group) is 1. The van der Waals surface area contributed by atoms with E-state index in [-0.39, 0.29) is 11.7 Å². The minimum atomic E-state index is -0.346. The van der Waals surface area contributed by atoms with Crippen LogP contribution >= 0.6 is 15.9 Å². The molecule has 1 aliphatic heterocycles. The number of nitrogens with zero attached hydrogens (tertiary/aromatic N) is 2. The summed E-state index contributed by atoms with van der Waals surface area (Å²) >= 11 is 3.12. The van der Waals surface area contributed by atoms with E-state index >= 15 is 0 Å². The van der Waals surface area contributed by atoms with Crippen LogP contribution in [0.5, 0.6) is 0 Å². The fourth-order valence-electron chi connectivity index (χ4n) is 2.37. The summed E-state index contributed by atoms with van der Waals surface area (Å²) in [7, 11) is 4.07. The summed E-state index contributed by atoms with van der Waals surface area (Å²) in [5.74, 6) is -0.367. The maximum atomic E-state index is 13.2. The van der Waals surface area contributed by atoms with Gasteiger partial charge in [-0.3, -0.25) is 4.79 Å². The molecule has 0 N–H and O–H groups in total. The number of halogens is 2. The summed E-state index contributed by atoms with van der Waals surface area (Å²) in [4.78, 5) is 16.4. The molecule has 1 aromatic rings. The van der Waals surface area contributed by atoms with Crippen LogP contribution in [0.1, 0.15) is 23.2 Å². The van der Waals surface area contributed by atoms with Crippen LogP contribution in [0.3, 0.4) is 0 Å². The highest BCUT2D eigenvalue weighted by Crippen LogP contribution is 2.20. The fraction of sp³-hybridized carbons (Fsp3) is 0.500. The Morgan fingerprint density at radius 3 is 2.84 bits per heavy atom. The van der Waals surface area contributed by atoms with Gasteiger partial charge >= 0.3 is 0 Å². The predicted octanol–water partition coefficient (Wildman–Crippen LogP) is 2.75. The summed E-state index contributed by atoms with van der Waals surface area (Å²) in [6.07, 6.45) is 2.13. The van der Waals surface area contributed by atoms with Crippen LogP contribution < -0.4 is 0 Å². The molecule has 5 heteroatoms. The van der Waals surface area contributed by atoms with Crippen LogP contribution in [0.15, 0.2) is 22.7 Å². The molecular weight excluding hydrogens is 311 g/mol. The highest BCUT2D eigenvalue weighted by Gasteiger charge is 2.25. The first kappa shape index (κ1) is 14.5. The van der Waals surface area contributed by atoms with E-state index < -0.39 is 0 Å². The molecule has 0 spiro atoms. The van der Waals surface area contributed by atoms with Gasteiger partial charge in [-0.1, -0.05) is 0 Å².